The minimum absolute atomic E-state index is 0.0767. The lowest BCUT2D eigenvalue weighted by atomic mass is 9.91. The van der Waals surface area contributed by atoms with Crippen molar-refractivity contribution in [2.45, 2.75) is 64.5 Å². The summed E-state index contributed by atoms with van der Waals surface area (Å²) < 4.78 is 32.3. The van der Waals surface area contributed by atoms with Crippen LogP contribution in [0.1, 0.15) is 52.9 Å². The van der Waals surface area contributed by atoms with E-state index < -0.39 is 10.1 Å². The van der Waals surface area contributed by atoms with Crippen LogP contribution in [0.5, 0.6) is 0 Å². The van der Waals surface area contributed by atoms with Crippen LogP contribution in [0.15, 0.2) is 0 Å². The summed E-state index contributed by atoms with van der Waals surface area (Å²) >= 11 is 0. The normalized spacial score (nSPS) is 19.8. The molecule has 0 aromatic rings. The van der Waals surface area contributed by atoms with Gasteiger partial charge in [-0.15, -0.1) is 0 Å². The van der Waals surface area contributed by atoms with Gasteiger partial charge in [0.15, 0.2) is 0 Å². The van der Waals surface area contributed by atoms with Crippen LogP contribution < -0.4 is 0 Å². The molecule has 0 aliphatic heterocycles. The predicted molar refractivity (Wildman–Crippen MR) is 67.9 cm³/mol. The van der Waals surface area contributed by atoms with Gasteiger partial charge in [0.2, 0.25) is 0 Å². The zero-order valence-corrected chi connectivity index (χ0v) is 11.9. The molecule has 0 saturated heterocycles. The third kappa shape index (κ3) is 5.36. The molecule has 1 fully saturated rings. The summed E-state index contributed by atoms with van der Waals surface area (Å²) in [6.45, 7) is 6.61. The summed E-state index contributed by atoms with van der Waals surface area (Å²) in [5, 5.41) is 0. The fraction of sp³-hybridized carbons (Fsp3) is 1.00. The van der Waals surface area contributed by atoms with Crippen molar-refractivity contribution in [2.24, 2.45) is 0 Å². The molecule has 0 bridgehead atoms. The lowest BCUT2D eigenvalue weighted by Crippen LogP contribution is -2.50. The lowest BCUT2D eigenvalue weighted by Gasteiger charge is -2.43. The second kappa shape index (κ2) is 5.67. The highest BCUT2D eigenvalue weighted by Crippen LogP contribution is 2.27. The Bertz CT molecular complexity index is 326. The van der Waals surface area contributed by atoms with Crippen LogP contribution in [-0.4, -0.2) is 41.7 Å². The van der Waals surface area contributed by atoms with E-state index in [0.29, 0.717) is 12.6 Å². The van der Waals surface area contributed by atoms with E-state index in [1.54, 1.807) is 0 Å². The molecule has 0 spiro atoms. The van der Waals surface area contributed by atoms with E-state index in [1.165, 1.54) is 19.3 Å². The van der Waals surface area contributed by atoms with Gasteiger partial charge < -0.3 is 4.55 Å². The number of rotatable bonds is 4. The third-order valence-corrected chi connectivity index (χ3v) is 4.14. The minimum Gasteiger partial charge on any atom is -0.748 e. The van der Waals surface area contributed by atoms with Gasteiger partial charge in [-0.25, -0.2) is 8.42 Å². The fourth-order valence-corrected chi connectivity index (χ4v) is 3.09. The molecule has 1 aliphatic carbocycles. The van der Waals surface area contributed by atoms with Gasteiger partial charge in [-0.1, -0.05) is 19.3 Å². The Labute approximate surface area is 105 Å². The molecule has 1 aliphatic rings. The predicted octanol–water partition coefficient (Wildman–Crippen LogP) is 1.96. The second-order valence-corrected chi connectivity index (χ2v) is 7.44. The quantitative estimate of drug-likeness (QED) is 0.727. The SMILES string of the molecule is CC(C)(C)N(CCS(=O)(=O)[O-])C1CCCCC1. The van der Waals surface area contributed by atoms with Crippen molar-refractivity contribution in [3.8, 4) is 0 Å². The van der Waals surface area contributed by atoms with E-state index >= 15 is 0 Å². The molecule has 0 N–H and O–H groups in total. The van der Waals surface area contributed by atoms with Gasteiger partial charge in [0.1, 0.15) is 0 Å². The summed E-state index contributed by atoms with van der Waals surface area (Å²) in [5.41, 5.74) is -0.0767. The van der Waals surface area contributed by atoms with Crippen molar-refractivity contribution >= 4 is 10.1 Å². The molecular formula is C12H24NO3S-. The summed E-state index contributed by atoms with van der Waals surface area (Å²) in [5.74, 6) is -0.277. The first-order chi connectivity index (χ1) is 7.70. The number of hydrogen-bond donors (Lipinski definition) is 0. The molecule has 17 heavy (non-hydrogen) atoms. The average Bonchev–Trinajstić information content (AvgIpc) is 2.15. The molecule has 102 valence electrons. The van der Waals surface area contributed by atoms with Crippen molar-refractivity contribution in [3.05, 3.63) is 0 Å². The first-order valence-electron chi connectivity index (χ1n) is 6.40. The van der Waals surface area contributed by atoms with Crippen LogP contribution >= 0.6 is 0 Å². The Kier molecular flexibility index (Phi) is 4.98. The summed E-state index contributed by atoms with van der Waals surface area (Å²) in [4.78, 5) is 2.20. The van der Waals surface area contributed by atoms with E-state index in [4.69, 9.17) is 0 Å². The maximum Gasteiger partial charge on any atom is 0.0958 e. The lowest BCUT2D eigenvalue weighted by molar-refractivity contribution is 0.0669. The van der Waals surface area contributed by atoms with E-state index in [2.05, 4.69) is 25.7 Å². The van der Waals surface area contributed by atoms with Gasteiger partial charge in [0.05, 0.1) is 15.9 Å². The van der Waals surface area contributed by atoms with Crippen molar-refractivity contribution in [3.63, 3.8) is 0 Å². The Morgan fingerprint density at radius 2 is 1.71 bits per heavy atom. The Morgan fingerprint density at radius 3 is 2.12 bits per heavy atom. The van der Waals surface area contributed by atoms with E-state index in [9.17, 15) is 13.0 Å². The highest BCUT2D eigenvalue weighted by atomic mass is 32.2. The van der Waals surface area contributed by atoms with E-state index in [-0.39, 0.29) is 11.3 Å². The standard InChI is InChI=1S/C12H25NO3S/c1-12(2,3)13(9-10-17(14,15)16)11-7-5-4-6-8-11/h11H,4-10H2,1-3H3,(H,14,15,16)/p-1. The van der Waals surface area contributed by atoms with E-state index in [1.807, 2.05) is 0 Å². The molecule has 0 aromatic carbocycles. The number of nitrogens with zero attached hydrogens (tertiary/aromatic N) is 1. The highest BCUT2D eigenvalue weighted by molar-refractivity contribution is 7.85. The minimum atomic E-state index is -4.11. The van der Waals surface area contributed by atoms with Crippen molar-refractivity contribution in [1.29, 1.82) is 0 Å². The van der Waals surface area contributed by atoms with Gasteiger partial charge >= 0.3 is 0 Å². The van der Waals surface area contributed by atoms with Crippen LogP contribution in [0.25, 0.3) is 0 Å². The molecule has 0 unspecified atom stereocenters. The van der Waals surface area contributed by atoms with E-state index in [0.717, 1.165) is 12.8 Å². The van der Waals surface area contributed by atoms with Crippen LogP contribution in [0, 0.1) is 0 Å². The molecular weight excluding hydrogens is 238 g/mol. The fourth-order valence-electron chi connectivity index (χ4n) is 2.67. The Hall–Kier alpha value is -0.130. The molecule has 0 amide bonds. The second-order valence-electron chi connectivity index (χ2n) is 5.92. The van der Waals surface area contributed by atoms with Gasteiger partial charge in [-0.05, 0) is 33.6 Å². The molecule has 0 aromatic heterocycles. The number of hydrogen-bond acceptors (Lipinski definition) is 4. The van der Waals surface area contributed by atoms with Crippen LogP contribution in [0.2, 0.25) is 0 Å². The average molecular weight is 262 g/mol. The van der Waals surface area contributed by atoms with Crippen LogP contribution in [-0.2, 0) is 10.1 Å². The van der Waals surface area contributed by atoms with Crippen molar-refractivity contribution in [1.82, 2.24) is 4.90 Å². The molecule has 0 radical (unpaired) electrons. The van der Waals surface area contributed by atoms with Gasteiger partial charge in [-0.3, -0.25) is 4.90 Å². The highest BCUT2D eigenvalue weighted by Gasteiger charge is 2.29. The zero-order valence-electron chi connectivity index (χ0n) is 11.1. The molecule has 0 atom stereocenters. The molecule has 5 heteroatoms. The third-order valence-electron chi connectivity index (χ3n) is 3.46. The smallest absolute Gasteiger partial charge is 0.0958 e. The summed E-state index contributed by atoms with van der Waals surface area (Å²) in [6, 6.07) is 0.436. The summed E-state index contributed by atoms with van der Waals surface area (Å²) in [7, 11) is -4.11. The van der Waals surface area contributed by atoms with Gasteiger partial charge in [0.25, 0.3) is 0 Å². The monoisotopic (exact) mass is 262 g/mol. The van der Waals surface area contributed by atoms with Crippen LogP contribution in [0.3, 0.4) is 0 Å². The van der Waals surface area contributed by atoms with Crippen molar-refractivity contribution in [2.75, 3.05) is 12.3 Å². The first-order valence-corrected chi connectivity index (χ1v) is 7.98. The van der Waals surface area contributed by atoms with Gasteiger partial charge in [0, 0.05) is 18.1 Å². The molecule has 4 nitrogen and oxygen atoms in total. The largest absolute Gasteiger partial charge is 0.748 e. The topological polar surface area (TPSA) is 60.4 Å². The maximum absolute atomic E-state index is 10.8. The Morgan fingerprint density at radius 1 is 1.18 bits per heavy atom. The van der Waals surface area contributed by atoms with Crippen molar-refractivity contribution < 1.29 is 13.0 Å². The summed E-state index contributed by atoms with van der Waals surface area (Å²) in [6.07, 6.45) is 5.93. The molecule has 1 rings (SSSR count). The zero-order chi connectivity index (χ0) is 13.1. The molecule has 0 heterocycles. The maximum atomic E-state index is 10.8. The first kappa shape index (κ1) is 14.9. The van der Waals surface area contributed by atoms with Crippen LogP contribution in [0.4, 0.5) is 0 Å². The molecule has 1 saturated carbocycles. The van der Waals surface area contributed by atoms with Gasteiger partial charge in [-0.2, -0.15) is 0 Å². The Balaban J connectivity index is 2.66.